The van der Waals surface area contributed by atoms with Gasteiger partial charge < -0.3 is 19.3 Å². The highest BCUT2D eigenvalue weighted by Crippen LogP contribution is 2.60. The Labute approximate surface area is 213 Å². The Bertz CT molecular complexity index is 1060. The van der Waals surface area contributed by atoms with Crippen LogP contribution in [-0.2, 0) is 23.8 Å². The van der Waals surface area contributed by atoms with Crippen molar-refractivity contribution in [1.82, 2.24) is 0 Å². The first kappa shape index (κ1) is 27.7. The molecule has 1 aromatic carbocycles. The van der Waals surface area contributed by atoms with E-state index in [1.165, 1.54) is 6.92 Å². The maximum atomic E-state index is 13.2. The number of allylic oxidation sites excluding steroid dienone is 1. The van der Waals surface area contributed by atoms with Crippen molar-refractivity contribution in [2.75, 3.05) is 0 Å². The Morgan fingerprint density at radius 1 is 1.08 bits per heavy atom. The summed E-state index contributed by atoms with van der Waals surface area (Å²) in [4.78, 5) is 38.2. The molecular weight excluding hydrogens is 460 g/mol. The van der Waals surface area contributed by atoms with Gasteiger partial charge in [0.2, 0.25) is 0 Å². The van der Waals surface area contributed by atoms with Crippen molar-refractivity contribution < 1.29 is 33.7 Å². The van der Waals surface area contributed by atoms with Crippen molar-refractivity contribution in [3.05, 3.63) is 59.2 Å². The van der Waals surface area contributed by atoms with Crippen LogP contribution in [0.4, 0.5) is 0 Å². The van der Waals surface area contributed by atoms with Crippen LogP contribution in [0.2, 0.25) is 0 Å². The Morgan fingerprint density at radius 3 is 2.28 bits per heavy atom. The van der Waals surface area contributed by atoms with Crippen LogP contribution >= 0.6 is 0 Å². The highest BCUT2D eigenvalue weighted by molar-refractivity contribution is 5.89. The molecule has 0 aliphatic heterocycles. The molecule has 7 heteroatoms. The monoisotopic (exact) mass is 498 g/mol. The average molecular weight is 499 g/mol. The van der Waals surface area contributed by atoms with Crippen LogP contribution in [0.15, 0.2) is 53.6 Å². The highest BCUT2D eigenvalue weighted by Gasteiger charge is 2.69. The van der Waals surface area contributed by atoms with Crippen molar-refractivity contribution in [2.24, 2.45) is 17.3 Å². The molecule has 36 heavy (non-hydrogen) atoms. The van der Waals surface area contributed by atoms with Crippen molar-refractivity contribution >= 4 is 17.9 Å². The van der Waals surface area contributed by atoms with Crippen LogP contribution < -0.4 is 0 Å². The second-order valence-electron chi connectivity index (χ2n) is 10.6. The van der Waals surface area contributed by atoms with Gasteiger partial charge in [0.15, 0.2) is 0 Å². The zero-order valence-electron chi connectivity index (χ0n) is 22.2. The molecule has 0 bridgehead atoms. The highest BCUT2D eigenvalue weighted by atomic mass is 16.6. The van der Waals surface area contributed by atoms with Gasteiger partial charge in [-0.25, -0.2) is 9.59 Å². The fourth-order valence-electron chi connectivity index (χ4n) is 5.75. The largest absolute Gasteiger partial charge is 0.462 e. The van der Waals surface area contributed by atoms with E-state index < -0.39 is 53.2 Å². The van der Waals surface area contributed by atoms with Crippen molar-refractivity contribution in [3.63, 3.8) is 0 Å². The number of carbonyl (C=O) groups is 3. The van der Waals surface area contributed by atoms with Crippen molar-refractivity contribution in [2.45, 2.75) is 85.2 Å². The van der Waals surface area contributed by atoms with Crippen LogP contribution in [0.1, 0.15) is 71.7 Å². The number of hydrogen-bond acceptors (Lipinski definition) is 7. The lowest BCUT2D eigenvalue weighted by atomic mass is 9.66. The molecule has 0 heterocycles. The van der Waals surface area contributed by atoms with Gasteiger partial charge in [-0.05, 0) is 44.9 Å². The third-order valence-corrected chi connectivity index (χ3v) is 7.92. The third kappa shape index (κ3) is 5.12. The fraction of sp³-hybridized carbons (Fsp3) is 0.552. The van der Waals surface area contributed by atoms with Crippen molar-refractivity contribution in [1.29, 1.82) is 0 Å². The van der Waals surface area contributed by atoms with Gasteiger partial charge in [0.25, 0.3) is 0 Å². The van der Waals surface area contributed by atoms with E-state index >= 15 is 0 Å². The second kappa shape index (κ2) is 10.6. The first-order valence-electron chi connectivity index (χ1n) is 12.5. The maximum absolute atomic E-state index is 13.2. The summed E-state index contributed by atoms with van der Waals surface area (Å²) < 4.78 is 17.9. The Kier molecular flexibility index (Phi) is 8.13. The summed E-state index contributed by atoms with van der Waals surface area (Å²) >= 11 is 0. The molecule has 1 saturated carbocycles. The van der Waals surface area contributed by atoms with Crippen LogP contribution in [0, 0.1) is 17.3 Å². The van der Waals surface area contributed by atoms with Gasteiger partial charge in [-0.15, -0.1) is 0 Å². The topological polar surface area (TPSA) is 99.1 Å². The number of ether oxygens (including phenoxy) is 3. The molecule has 1 N–H and O–H groups in total. The summed E-state index contributed by atoms with van der Waals surface area (Å²) in [5, 5.41) is 12.1. The van der Waals surface area contributed by atoms with E-state index in [4.69, 9.17) is 14.2 Å². The van der Waals surface area contributed by atoms with E-state index in [9.17, 15) is 19.5 Å². The Balaban J connectivity index is 2.15. The smallest absolute Gasteiger partial charge is 0.338 e. The molecule has 196 valence electrons. The van der Waals surface area contributed by atoms with E-state index in [2.05, 4.69) is 0 Å². The zero-order valence-corrected chi connectivity index (χ0v) is 22.2. The Morgan fingerprint density at radius 2 is 1.72 bits per heavy atom. The number of benzene rings is 1. The Hall–Kier alpha value is -2.93. The van der Waals surface area contributed by atoms with E-state index in [1.807, 2.05) is 39.8 Å². The van der Waals surface area contributed by atoms with Gasteiger partial charge in [0.05, 0.1) is 16.6 Å². The predicted octanol–water partition coefficient (Wildman–Crippen LogP) is 4.79. The van der Waals surface area contributed by atoms with Gasteiger partial charge in [-0.1, -0.05) is 50.6 Å². The zero-order chi connectivity index (χ0) is 26.8. The first-order valence-corrected chi connectivity index (χ1v) is 12.5. The molecule has 0 spiro atoms. The predicted molar refractivity (Wildman–Crippen MR) is 135 cm³/mol. The molecule has 0 aromatic heterocycles. The normalized spacial score (nSPS) is 32.2. The van der Waals surface area contributed by atoms with Gasteiger partial charge in [-0.2, -0.15) is 0 Å². The van der Waals surface area contributed by atoms with E-state index in [1.54, 1.807) is 44.2 Å². The van der Waals surface area contributed by atoms with E-state index in [0.29, 0.717) is 17.6 Å². The molecular formula is C29H38O7. The number of carbonyl (C=O) groups excluding carboxylic acids is 3. The van der Waals surface area contributed by atoms with Gasteiger partial charge in [0.1, 0.15) is 18.3 Å². The summed E-state index contributed by atoms with van der Waals surface area (Å²) in [5.41, 5.74) is -0.723. The molecule has 2 aliphatic carbocycles. The summed E-state index contributed by atoms with van der Waals surface area (Å²) in [6, 6.07) is 8.66. The minimum atomic E-state index is -1.35. The molecule has 0 saturated heterocycles. The summed E-state index contributed by atoms with van der Waals surface area (Å²) in [5.74, 6) is -2.42. The lowest BCUT2D eigenvalue weighted by molar-refractivity contribution is -0.174. The molecule has 2 aliphatic rings. The summed E-state index contributed by atoms with van der Waals surface area (Å²) in [7, 11) is 0. The number of rotatable bonds is 6. The first-order chi connectivity index (χ1) is 16.8. The maximum Gasteiger partial charge on any atom is 0.338 e. The lowest BCUT2D eigenvalue weighted by Gasteiger charge is -2.45. The molecule has 0 amide bonds. The number of aliphatic hydroxyl groups is 1. The second-order valence-corrected chi connectivity index (χ2v) is 10.6. The molecule has 6 atom stereocenters. The molecule has 1 fully saturated rings. The fourth-order valence-corrected chi connectivity index (χ4v) is 5.75. The van der Waals surface area contributed by atoms with E-state index in [-0.39, 0.29) is 12.3 Å². The number of esters is 3. The van der Waals surface area contributed by atoms with Crippen molar-refractivity contribution in [3.8, 4) is 0 Å². The van der Waals surface area contributed by atoms with E-state index in [0.717, 1.165) is 5.57 Å². The molecule has 7 nitrogen and oxygen atoms in total. The van der Waals surface area contributed by atoms with Crippen LogP contribution in [0.25, 0.3) is 0 Å². The lowest BCUT2D eigenvalue weighted by Crippen LogP contribution is -2.55. The molecule has 6 unspecified atom stereocenters. The number of hydrogen-bond donors (Lipinski definition) is 1. The summed E-state index contributed by atoms with van der Waals surface area (Å²) in [6.45, 7) is 12.3. The minimum Gasteiger partial charge on any atom is -0.462 e. The average Bonchev–Trinajstić information content (AvgIpc) is 2.98. The van der Waals surface area contributed by atoms with Crippen LogP contribution in [0.3, 0.4) is 0 Å². The SMILES string of the molecule is CC=C(C)C(=O)OC1CC(C)=CC(OC(=O)c2ccccc2)C2(C)C(OC(C)=O)CC(O)(C(C)C)C12. The quantitative estimate of drug-likeness (QED) is 0.261. The third-order valence-electron chi connectivity index (χ3n) is 7.92. The molecule has 0 radical (unpaired) electrons. The standard InChI is InChI=1S/C29H38O7/c1-8-19(5)26(31)35-22-14-18(4)15-23(36-27(32)21-12-10-9-11-13-21)28(7)24(34-20(6)30)16-29(33,17(2)3)25(22)28/h8-13,15,17,22-25,33H,14,16H2,1-7H3. The summed E-state index contributed by atoms with van der Waals surface area (Å²) in [6.07, 6.45) is 1.68. The molecule has 3 rings (SSSR count). The van der Waals surface area contributed by atoms with Gasteiger partial charge >= 0.3 is 17.9 Å². The number of fused-ring (bicyclic) bond motifs is 1. The van der Waals surface area contributed by atoms with Crippen LogP contribution in [-0.4, -0.2) is 46.9 Å². The molecule has 1 aromatic rings. The van der Waals surface area contributed by atoms with Crippen LogP contribution in [0.5, 0.6) is 0 Å². The minimum absolute atomic E-state index is 0.133. The van der Waals surface area contributed by atoms with Gasteiger partial charge in [-0.3, -0.25) is 4.79 Å². The van der Waals surface area contributed by atoms with Gasteiger partial charge in [0, 0.05) is 31.3 Å².